The van der Waals surface area contributed by atoms with Gasteiger partial charge < -0.3 is 54.9 Å². The van der Waals surface area contributed by atoms with Crippen LogP contribution in [0.4, 0.5) is 0 Å². The lowest BCUT2D eigenvalue weighted by Gasteiger charge is -2.48. The lowest BCUT2D eigenvalue weighted by atomic mass is 9.88. The Labute approximate surface area is 772 Å². The predicted molar refractivity (Wildman–Crippen MR) is 487 cm³/mol. The minimum atomic E-state index is -1.07. The molecule has 0 aliphatic carbocycles. The summed E-state index contributed by atoms with van der Waals surface area (Å²) in [5.41, 5.74) is 13.8. The molecule has 0 aromatic heterocycles. The molecule has 3 saturated heterocycles. The molecule has 12 atom stereocenters. The van der Waals surface area contributed by atoms with Gasteiger partial charge in [-0.15, -0.1) is 0 Å². The van der Waals surface area contributed by atoms with Gasteiger partial charge in [0.1, 0.15) is 48.7 Å². The van der Waals surface area contributed by atoms with E-state index in [0.717, 1.165) is 69.3 Å². The number of halogens is 7. The van der Waals surface area contributed by atoms with Crippen molar-refractivity contribution in [1.29, 1.82) is 10.5 Å². The maximum absolute atomic E-state index is 14.4. The van der Waals surface area contributed by atoms with E-state index in [1.165, 1.54) is 8.47 Å². The Bertz CT molecular complexity index is 5120. The van der Waals surface area contributed by atoms with E-state index in [0.29, 0.717) is 92.9 Å². The number of esters is 1. The van der Waals surface area contributed by atoms with E-state index in [2.05, 4.69) is 87.8 Å². The van der Waals surface area contributed by atoms with Crippen LogP contribution < -0.4 is 11.1 Å². The number of nitrogens with two attached hydrogens (primary N) is 1. The second kappa shape index (κ2) is 50.9. The molecule has 0 saturated carbocycles. The van der Waals surface area contributed by atoms with Crippen molar-refractivity contribution in [2.45, 2.75) is 185 Å². The lowest BCUT2D eigenvalue weighted by molar-refractivity contribution is -0.192. The van der Waals surface area contributed by atoms with Gasteiger partial charge in [0.05, 0.1) is 60.8 Å². The molecule has 5 N–H and O–H groups in total. The van der Waals surface area contributed by atoms with Crippen molar-refractivity contribution in [3.8, 4) is 12.1 Å². The fourth-order valence-corrected chi connectivity index (χ4v) is 16.3. The molecule has 4 amide bonds. The fourth-order valence-electron chi connectivity index (χ4n) is 15.2. The molecule has 0 radical (unpaired) electrons. The van der Waals surface area contributed by atoms with Crippen LogP contribution >= 0.6 is 92.2 Å². The minimum absolute atomic E-state index is 0.0500. The number of morpholine rings is 3. The molecule has 3 aliphatic heterocycles. The number of carbonyl (C=O) groups is 7. The summed E-state index contributed by atoms with van der Waals surface area (Å²) in [7, 11) is 0. The van der Waals surface area contributed by atoms with Crippen LogP contribution in [-0.4, -0.2) is 129 Å². The Hall–Kier alpha value is -10.1. The molecule has 29 heteroatoms. The van der Waals surface area contributed by atoms with Crippen molar-refractivity contribution in [2.75, 3.05) is 19.7 Å². The summed E-state index contributed by atoms with van der Waals surface area (Å²) < 4.78 is 25.5. The number of benzene rings is 9. The van der Waals surface area contributed by atoms with E-state index < -0.39 is 78.4 Å². The summed E-state index contributed by atoms with van der Waals surface area (Å²) in [5.74, 6) is -3.45. The van der Waals surface area contributed by atoms with Crippen LogP contribution in [0.1, 0.15) is 190 Å². The van der Waals surface area contributed by atoms with Crippen LogP contribution in [0.3, 0.4) is 0 Å². The van der Waals surface area contributed by atoms with Crippen LogP contribution in [0, 0.1) is 26.2 Å². The molecule has 0 bridgehead atoms. The summed E-state index contributed by atoms with van der Waals surface area (Å²) in [4.78, 5) is 111. The number of hydrogen-bond donors (Lipinski definition) is 4. The highest BCUT2D eigenvalue weighted by molar-refractivity contribution is 14.1. The van der Waals surface area contributed by atoms with E-state index >= 15 is 0 Å². The standard InChI is InChI=1S/C32H31Cl2N3O5.C29H30Cl2INO2.C29H26Cl2N2O4.C5H11NO2.CO2/c1-2-3-26(31(40)36-17-16-28(38)39)37-29(22-8-12-24(33)13-9-22)30(23-10-14-25(34)15-11-23)42-27(32(37)41)18-20-4-6-21(19-35)7-5-20;1-3-5-25(4-2)33-27(20-8-12-22(30)13-9-20)28(21-10-14-23(31)15-11-21)35-26(29(33)34)18-19-6-16-24(32)17-7-19;1-2-3-24(29(35)36)33-26(20-8-12-22(30)13-9-20)27(21-10-14-23(31)15-11-21)37-25(28(33)34)16-18-4-6-19(17-32)7-5-18;1-2-8-5(7)3-4-6;2-1-3/h4-15,26-27,29-30H,2-3,16-18H2,1H3,(H,36,40)(H,38,39);6-17,25-28H,3-5,18H2,1-2H3;4-15,24-27H,2-3,16H2,1H3,(H,35,36);2-4,6H2,1H3;/t26-,27+,29-,30+;25-,26-,27+,28-;24-,25+,26-,27+;;/m101../s1. The SMILES string of the molecule is CCC[C@H](C(=O)NCCC(=O)O)N1C(=O)[C@H](Cc2ccc(C#N)cc2)O[C@@H](c2ccc(Cl)cc2)[C@H]1c1ccc(Cl)cc1.CCC[C@H](C(=O)O)N1C(=O)[C@H](Cc2ccc(C#N)cc2)O[C@@H](c2ccc(Cl)cc2)[C@H]1c1ccc(Cl)cc1.CCC[C@H](CC)N1C(=O)[C@H](Cc2ccc(I)cc2)O[C@@H](c2ccc(Cl)cc2)[C@H]1c1ccc(Cl)cc1.CCOC(=O)CCN.O=C=O. The second-order valence-electron chi connectivity index (χ2n) is 29.5. The van der Waals surface area contributed by atoms with Gasteiger partial charge in [-0.2, -0.15) is 20.1 Å². The number of carbonyl (C=O) groups excluding carboxylic acids is 7. The third kappa shape index (κ3) is 28.7. The number of carboxylic acids is 2. The van der Waals surface area contributed by atoms with E-state index in [1.807, 2.05) is 98.8 Å². The summed E-state index contributed by atoms with van der Waals surface area (Å²) >= 11 is 39.4. The van der Waals surface area contributed by atoms with Gasteiger partial charge in [0.2, 0.25) is 5.91 Å². The highest BCUT2D eigenvalue weighted by atomic mass is 127. The number of nitrogens with zero attached hydrogens (tertiary/aromatic N) is 5. The summed E-state index contributed by atoms with van der Waals surface area (Å²) in [6.07, 6.45) is 1.91. The number of rotatable bonds is 30. The number of nitrogens with one attached hydrogen (secondary N) is 1. The van der Waals surface area contributed by atoms with Gasteiger partial charge in [0, 0.05) is 72.1 Å². The topological polar surface area (TPSA) is 326 Å². The van der Waals surface area contributed by atoms with Gasteiger partial charge in [-0.3, -0.25) is 28.8 Å². The zero-order valence-electron chi connectivity index (χ0n) is 69.5. The van der Waals surface area contributed by atoms with Gasteiger partial charge in [0.25, 0.3) is 17.7 Å². The second-order valence-corrected chi connectivity index (χ2v) is 33.4. The van der Waals surface area contributed by atoms with Crippen molar-refractivity contribution in [1.82, 2.24) is 20.0 Å². The van der Waals surface area contributed by atoms with E-state index in [9.17, 15) is 43.9 Å². The fraction of sp³-hybridized carbons (Fsp3) is 0.333. The smallest absolute Gasteiger partial charge is 0.373 e. The van der Waals surface area contributed by atoms with Crippen LogP contribution in [0.2, 0.25) is 30.1 Å². The Kier molecular flexibility index (Phi) is 40.9. The molecule has 22 nitrogen and oxygen atoms in total. The van der Waals surface area contributed by atoms with Crippen LogP contribution in [0.15, 0.2) is 218 Å². The van der Waals surface area contributed by atoms with Gasteiger partial charge >= 0.3 is 24.1 Å². The van der Waals surface area contributed by atoms with Crippen molar-refractivity contribution in [2.24, 2.45) is 5.73 Å². The van der Waals surface area contributed by atoms with Crippen molar-refractivity contribution < 1.29 is 72.3 Å². The van der Waals surface area contributed by atoms with E-state index in [1.54, 1.807) is 121 Å². The summed E-state index contributed by atoms with van der Waals surface area (Å²) in [5, 5.41) is 43.8. The third-order valence-corrected chi connectivity index (χ3v) is 23.2. The third-order valence-electron chi connectivity index (χ3n) is 21.0. The Morgan fingerprint density at radius 3 is 1.06 bits per heavy atom. The Balaban J connectivity index is 0.000000219. The highest BCUT2D eigenvalue weighted by Gasteiger charge is 2.51. The predicted octanol–water partition coefficient (Wildman–Crippen LogP) is 20.0. The van der Waals surface area contributed by atoms with Crippen LogP contribution in [0.5, 0.6) is 0 Å². The maximum Gasteiger partial charge on any atom is 0.373 e. The van der Waals surface area contributed by atoms with Crippen LogP contribution in [-0.2, 0) is 81.4 Å². The molecule has 125 heavy (non-hydrogen) atoms. The number of amides is 4. The average molecular weight is 1930 g/mol. The first-order valence-corrected chi connectivity index (χ1v) is 44.3. The first-order chi connectivity index (χ1) is 60.2. The first-order valence-electron chi connectivity index (χ1n) is 40.9. The number of nitriles is 2. The monoisotopic (exact) mass is 1930 g/mol. The van der Waals surface area contributed by atoms with Gasteiger partial charge in [-0.05, 0) is 214 Å². The molecular formula is C96H98Cl6IN7O15. The number of hydrogen-bond acceptors (Lipinski definition) is 16. The first kappa shape index (κ1) is 100. The molecule has 3 aliphatic rings. The molecule has 0 unspecified atom stereocenters. The van der Waals surface area contributed by atoms with Crippen LogP contribution in [0.25, 0.3) is 0 Å². The molecule has 3 heterocycles. The normalized spacial score (nSPS) is 19.0. The zero-order chi connectivity index (χ0) is 90.8. The average Bonchev–Trinajstić information content (AvgIpc) is 0.764. The molecule has 0 spiro atoms. The summed E-state index contributed by atoms with van der Waals surface area (Å²) in [6, 6.07) is 66.9. The molecule has 3 fully saturated rings. The number of carboxylic acid groups (broad SMARTS) is 2. The Morgan fingerprint density at radius 1 is 0.456 bits per heavy atom. The quantitative estimate of drug-likeness (QED) is 0.0240. The van der Waals surface area contributed by atoms with Gasteiger partial charge in [-0.1, -0.05) is 226 Å². The van der Waals surface area contributed by atoms with Gasteiger partial charge in [-0.25, -0.2) is 4.79 Å². The van der Waals surface area contributed by atoms with E-state index in [-0.39, 0.29) is 67.9 Å². The molecule has 9 aromatic carbocycles. The molecular weight excluding hydrogens is 1830 g/mol. The Morgan fingerprint density at radius 2 is 0.760 bits per heavy atom. The number of ether oxygens (including phenoxy) is 4. The summed E-state index contributed by atoms with van der Waals surface area (Å²) in [6.45, 7) is 10.7. The zero-order valence-corrected chi connectivity index (χ0v) is 76.2. The van der Waals surface area contributed by atoms with Crippen molar-refractivity contribution in [3.05, 3.63) is 313 Å². The maximum atomic E-state index is 14.4. The molecule has 12 rings (SSSR count). The largest absolute Gasteiger partial charge is 0.481 e. The van der Waals surface area contributed by atoms with E-state index in [4.69, 9.17) is 110 Å². The molecule has 656 valence electrons. The number of aliphatic carboxylic acids is 2. The molecule has 9 aromatic rings. The highest BCUT2D eigenvalue weighted by Crippen LogP contribution is 2.49. The van der Waals surface area contributed by atoms with Gasteiger partial charge in [0.15, 0.2) is 0 Å². The lowest BCUT2D eigenvalue weighted by Crippen LogP contribution is -2.59. The van der Waals surface area contributed by atoms with Crippen molar-refractivity contribution in [3.63, 3.8) is 0 Å². The van der Waals surface area contributed by atoms with Crippen molar-refractivity contribution >= 4 is 140 Å². The minimum Gasteiger partial charge on any atom is -0.481 e.